The molecule has 6 nitrogen and oxygen atoms in total. The van der Waals surface area contributed by atoms with Crippen molar-refractivity contribution in [1.29, 1.82) is 0 Å². The molecule has 2 rings (SSSR count). The fourth-order valence-electron chi connectivity index (χ4n) is 2.08. The van der Waals surface area contributed by atoms with Crippen LogP contribution < -0.4 is 9.47 Å². The SMILES string of the molecule is CCCCOc1ccc(COc2c(F)c(O)c([N+](=O)[O-])c(F)c2F)cc1. The van der Waals surface area contributed by atoms with Gasteiger partial charge in [-0.1, -0.05) is 25.5 Å². The van der Waals surface area contributed by atoms with Crippen LogP contribution in [0.25, 0.3) is 0 Å². The first kappa shape index (κ1) is 19.4. The Morgan fingerprint density at radius 3 is 2.31 bits per heavy atom. The maximum absolute atomic E-state index is 13.9. The summed E-state index contributed by atoms with van der Waals surface area (Å²) in [6.07, 6.45) is 1.89. The van der Waals surface area contributed by atoms with Gasteiger partial charge in [0.25, 0.3) is 0 Å². The highest BCUT2D eigenvalue weighted by atomic mass is 19.2. The number of rotatable bonds is 8. The first-order chi connectivity index (χ1) is 12.4. The molecule has 0 amide bonds. The number of phenols is 1. The van der Waals surface area contributed by atoms with Crippen molar-refractivity contribution in [2.45, 2.75) is 26.4 Å². The Kier molecular flexibility index (Phi) is 6.26. The van der Waals surface area contributed by atoms with E-state index in [0.717, 1.165) is 12.8 Å². The molecule has 0 aromatic heterocycles. The van der Waals surface area contributed by atoms with Crippen LogP contribution in [-0.4, -0.2) is 16.6 Å². The second-order valence-electron chi connectivity index (χ2n) is 5.36. The Labute approximate surface area is 146 Å². The topological polar surface area (TPSA) is 81.8 Å². The second-order valence-corrected chi connectivity index (χ2v) is 5.36. The summed E-state index contributed by atoms with van der Waals surface area (Å²) < 4.78 is 51.7. The number of halogens is 3. The third-order valence-electron chi connectivity index (χ3n) is 3.49. The van der Waals surface area contributed by atoms with Crippen LogP contribution in [-0.2, 0) is 6.61 Å². The summed E-state index contributed by atoms with van der Waals surface area (Å²) >= 11 is 0. The molecule has 0 aliphatic heterocycles. The standard InChI is InChI=1S/C17H16F3NO5/c1-2-3-8-25-11-6-4-10(5-7-11)9-26-17-13(19)12(18)15(21(23)24)16(22)14(17)20/h4-7,22H,2-3,8-9H2,1H3. The first-order valence-corrected chi connectivity index (χ1v) is 7.75. The maximum atomic E-state index is 13.9. The van der Waals surface area contributed by atoms with Gasteiger partial charge in [-0.15, -0.1) is 0 Å². The Morgan fingerprint density at radius 1 is 1.08 bits per heavy atom. The number of hydrogen-bond donors (Lipinski definition) is 1. The fraction of sp³-hybridized carbons (Fsp3) is 0.294. The number of phenolic OH excluding ortho intramolecular Hbond substituents is 1. The van der Waals surface area contributed by atoms with E-state index in [4.69, 9.17) is 9.47 Å². The van der Waals surface area contributed by atoms with E-state index in [1.807, 2.05) is 6.92 Å². The minimum absolute atomic E-state index is 0.347. The molecule has 0 fully saturated rings. The normalized spacial score (nSPS) is 10.6. The average Bonchev–Trinajstić information content (AvgIpc) is 2.61. The molecule has 0 unspecified atom stereocenters. The monoisotopic (exact) mass is 371 g/mol. The van der Waals surface area contributed by atoms with Crippen molar-refractivity contribution in [3.8, 4) is 17.2 Å². The summed E-state index contributed by atoms with van der Waals surface area (Å²) in [5.41, 5.74) is -1.19. The Hall–Kier alpha value is -2.97. The third-order valence-corrected chi connectivity index (χ3v) is 3.49. The second kappa shape index (κ2) is 8.41. The van der Waals surface area contributed by atoms with Gasteiger partial charge in [0.05, 0.1) is 11.5 Å². The van der Waals surface area contributed by atoms with E-state index in [1.54, 1.807) is 24.3 Å². The summed E-state index contributed by atoms with van der Waals surface area (Å²) in [4.78, 5) is 9.16. The van der Waals surface area contributed by atoms with Gasteiger partial charge in [0.2, 0.25) is 23.2 Å². The molecular weight excluding hydrogens is 355 g/mol. The van der Waals surface area contributed by atoms with Crippen LogP contribution >= 0.6 is 0 Å². The van der Waals surface area contributed by atoms with Gasteiger partial charge >= 0.3 is 5.69 Å². The minimum Gasteiger partial charge on any atom is -0.500 e. The van der Waals surface area contributed by atoms with E-state index in [0.29, 0.717) is 17.9 Å². The van der Waals surface area contributed by atoms with Gasteiger partial charge in [0.15, 0.2) is 5.75 Å². The van der Waals surface area contributed by atoms with Crippen LogP contribution in [0.1, 0.15) is 25.3 Å². The van der Waals surface area contributed by atoms with E-state index >= 15 is 0 Å². The van der Waals surface area contributed by atoms with Gasteiger partial charge in [-0.2, -0.15) is 13.2 Å². The third kappa shape index (κ3) is 4.16. The van der Waals surface area contributed by atoms with Crippen molar-refractivity contribution >= 4 is 5.69 Å². The average molecular weight is 371 g/mol. The fourth-order valence-corrected chi connectivity index (χ4v) is 2.08. The molecule has 0 spiro atoms. The Balaban J connectivity index is 2.13. The van der Waals surface area contributed by atoms with Gasteiger partial charge in [-0.05, 0) is 24.1 Å². The summed E-state index contributed by atoms with van der Waals surface area (Å²) in [7, 11) is 0. The summed E-state index contributed by atoms with van der Waals surface area (Å²) in [6.45, 7) is 2.24. The number of nitrogens with zero attached hydrogens (tertiary/aromatic N) is 1. The van der Waals surface area contributed by atoms with Crippen molar-refractivity contribution in [2.24, 2.45) is 0 Å². The van der Waals surface area contributed by atoms with Crippen LogP contribution in [0.2, 0.25) is 0 Å². The predicted molar refractivity (Wildman–Crippen MR) is 85.8 cm³/mol. The molecule has 140 valence electrons. The lowest BCUT2D eigenvalue weighted by Crippen LogP contribution is -2.05. The molecule has 9 heteroatoms. The van der Waals surface area contributed by atoms with Crippen LogP contribution in [0.4, 0.5) is 18.9 Å². The lowest BCUT2D eigenvalue weighted by atomic mass is 10.2. The molecule has 0 aliphatic rings. The van der Waals surface area contributed by atoms with Crippen LogP contribution in [0, 0.1) is 27.6 Å². The van der Waals surface area contributed by atoms with Crippen LogP contribution in [0.3, 0.4) is 0 Å². The smallest absolute Gasteiger partial charge is 0.352 e. The summed E-state index contributed by atoms with van der Waals surface area (Å²) in [6, 6.07) is 6.43. The number of unbranched alkanes of at least 4 members (excludes halogenated alkanes) is 1. The van der Waals surface area contributed by atoms with Gasteiger partial charge < -0.3 is 14.6 Å². The molecule has 0 atom stereocenters. The minimum atomic E-state index is -2.00. The molecule has 0 aliphatic carbocycles. The molecule has 0 heterocycles. The zero-order chi connectivity index (χ0) is 19.3. The highest BCUT2D eigenvalue weighted by molar-refractivity contribution is 5.53. The zero-order valence-electron chi connectivity index (χ0n) is 13.8. The molecule has 0 saturated heterocycles. The van der Waals surface area contributed by atoms with Crippen LogP contribution in [0.5, 0.6) is 17.2 Å². The van der Waals surface area contributed by atoms with Gasteiger partial charge in [-0.25, -0.2) is 0 Å². The van der Waals surface area contributed by atoms with Gasteiger partial charge in [0.1, 0.15) is 12.4 Å². The number of hydrogen-bond acceptors (Lipinski definition) is 5. The molecular formula is C17H16F3NO5. The van der Waals surface area contributed by atoms with Crippen molar-refractivity contribution in [1.82, 2.24) is 0 Å². The Morgan fingerprint density at radius 2 is 1.73 bits per heavy atom. The van der Waals surface area contributed by atoms with Crippen molar-refractivity contribution in [3.63, 3.8) is 0 Å². The molecule has 1 N–H and O–H groups in total. The molecule has 0 radical (unpaired) electrons. The number of nitro benzene ring substituents is 1. The largest absolute Gasteiger partial charge is 0.500 e. The molecule has 2 aromatic rings. The highest BCUT2D eigenvalue weighted by Gasteiger charge is 2.33. The summed E-state index contributed by atoms with van der Waals surface area (Å²) in [5, 5.41) is 20.0. The zero-order valence-corrected chi connectivity index (χ0v) is 13.8. The summed E-state index contributed by atoms with van der Waals surface area (Å²) in [5.74, 6) is -7.86. The van der Waals surface area contributed by atoms with Crippen molar-refractivity contribution < 1.29 is 32.7 Å². The maximum Gasteiger partial charge on any atom is 0.352 e. The van der Waals surface area contributed by atoms with E-state index in [2.05, 4.69) is 0 Å². The quantitative estimate of drug-likeness (QED) is 0.320. The van der Waals surface area contributed by atoms with E-state index in [9.17, 15) is 28.4 Å². The van der Waals surface area contributed by atoms with Crippen LogP contribution in [0.15, 0.2) is 24.3 Å². The molecule has 0 bridgehead atoms. The molecule has 0 saturated carbocycles. The lowest BCUT2D eigenvalue weighted by Gasteiger charge is -2.11. The molecule has 2 aromatic carbocycles. The molecule has 26 heavy (non-hydrogen) atoms. The van der Waals surface area contributed by atoms with E-state index < -0.39 is 39.6 Å². The predicted octanol–water partition coefficient (Wildman–Crippen LogP) is 4.48. The van der Waals surface area contributed by atoms with Crippen molar-refractivity contribution in [2.75, 3.05) is 6.61 Å². The highest BCUT2D eigenvalue weighted by Crippen LogP contribution is 2.40. The lowest BCUT2D eigenvalue weighted by molar-refractivity contribution is -0.389. The number of nitro groups is 1. The van der Waals surface area contributed by atoms with Gasteiger partial charge in [-0.3, -0.25) is 10.1 Å². The van der Waals surface area contributed by atoms with Gasteiger partial charge in [0, 0.05) is 0 Å². The van der Waals surface area contributed by atoms with Crippen molar-refractivity contribution in [3.05, 3.63) is 57.4 Å². The van der Waals surface area contributed by atoms with E-state index in [1.165, 1.54) is 0 Å². The number of aromatic hydroxyl groups is 1. The Bertz CT molecular complexity index is 767. The first-order valence-electron chi connectivity index (χ1n) is 7.75. The number of benzene rings is 2. The van der Waals surface area contributed by atoms with E-state index in [-0.39, 0.29) is 6.61 Å². The number of ether oxygens (including phenoxy) is 2.